The number of hydrogen-bond donors (Lipinski definition) is 3. The first kappa shape index (κ1) is 108. The third-order valence-corrected chi connectivity index (χ3v) is 25.1. The minimum absolute atomic E-state index is 0. The summed E-state index contributed by atoms with van der Waals surface area (Å²) in [6, 6.07) is 123. The first-order valence-corrected chi connectivity index (χ1v) is 49.1. The van der Waals surface area contributed by atoms with E-state index in [9.17, 15) is 34.2 Å². The minimum atomic E-state index is -0.125. The summed E-state index contributed by atoms with van der Waals surface area (Å²) < 4.78 is 4.72. The van der Waals surface area contributed by atoms with Crippen molar-refractivity contribution in [3.63, 3.8) is 0 Å². The maximum atomic E-state index is 13.0. The number of ketones is 5. The van der Waals surface area contributed by atoms with E-state index >= 15 is 0 Å². The fourth-order valence-electron chi connectivity index (χ4n) is 19.2. The Morgan fingerprint density at radius 1 is 0.351 bits per heavy atom. The van der Waals surface area contributed by atoms with Gasteiger partial charge in [0.15, 0.2) is 34.7 Å². The zero-order chi connectivity index (χ0) is 102. The van der Waals surface area contributed by atoms with Crippen LogP contribution in [0.4, 0.5) is 0 Å². The van der Waals surface area contributed by atoms with Gasteiger partial charge in [0.1, 0.15) is 5.69 Å². The monoisotopic (exact) mass is 2480 g/mol. The number of rotatable bonds is 17. The Labute approximate surface area is 903 Å². The fraction of sp³-hybridized carbons (Fsp3) is 0.154. The Kier molecular flexibility index (Phi) is 36.0. The average molecular weight is 2480 g/mol. The average Bonchev–Trinajstić information content (AvgIpc) is 1.61. The molecule has 148 heavy (non-hydrogen) atoms. The Bertz CT molecular complexity index is 8510. The number of fused-ring (bicyclic) bond motifs is 17. The number of hydrogen-bond acceptors (Lipinski definition) is 13. The van der Waals surface area contributed by atoms with Crippen molar-refractivity contribution < 1.29 is 99.6 Å². The number of carbonyl (C=O) groups is 5. The van der Waals surface area contributed by atoms with Crippen LogP contribution in [0.3, 0.4) is 0 Å². The third kappa shape index (κ3) is 24.5. The molecule has 0 spiro atoms. The van der Waals surface area contributed by atoms with E-state index in [1.807, 2.05) is 245 Å². The molecule has 0 atom stereocenters. The molecule has 0 unspecified atom stereocenters. The molecule has 0 bridgehead atoms. The normalized spacial score (nSPS) is 11.7. The molecule has 0 saturated heterocycles. The summed E-state index contributed by atoms with van der Waals surface area (Å²) >= 11 is 0. The van der Waals surface area contributed by atoms with Crippen LogP contribution >= 0.6 is 0 Å². The molecule has 0 aliphatic heterocycles. The molecule has 0 fully saturated rings. The van der Waals surface area contributed by atoms with Gasteiger partial charge in [-0.15, -0.1) is 107 Å². The summed E-state index contributed by atoms with van der Waals surface area (Å²) in [7, 11) is 0. The van der Waals surface area contributed by atoms with Crippen molar-refractivity contribution in [2.75, 3.05) is 0 Å². The predicted molar refractivity (Wildman–Crippen MR) is 593 cm³/mol. The van der Waals surface area contributed by atoms with Crippen LogP contribution in [-0.2, 0) is 74.7 Å². The third-order valence-electron chi connectivity index (χ3n) is 25.1. The van der Waals surface area contributed by atoms with Gasteiger partial charge in [0, 0.05) is 183 Å². The smallest absolute Gasteiger partial charge is 0.194 e. The summed E-state index contributed by atoms with van der Waals surface area (Å²) in [6.07, 6.45) is 11.6. The van der Waals surface area contributed by atoms with Gasteiger partial charge in [-0.3, -0.25) is 28.5 Å². The molecule has 15 nitrogen and oxygen atoms in total. The second-order valence-corrected chi connectivity index (χ2v) is 38.3. The van der Waals surface area contributed by atoms with Gasteiger partial charge in [-0.25, -0.2) is 9.97 Å². The van der Waals surface area contributed by atoms with Gasteiger partial charge < -0.3 is 34.8 Å². The number of aliphatic hydroxyl groups is 3. The van der Waals surface area contributed by atoms with E-state index in [0.29, 0.717) is 49.4 Å². The fourth-order valence-corrected chi connectivity index (χ4v) is 19.2. The van der Waals surface area contributed by atoms with Gasteiger partial charge >= 0.3 is 0 Å². The molecular weight excluding hydrogens is 2360 g/mol. The van der Waals surface area contributed by atoms with Crippen LogP contribution < -0.4 is 0 Å². The Morgan fingerprint density at radius 2 is 0.851 bits per heavy atom. The van der Waals surface area contributed by atoms with Crippen LogP contribution in [0.5, 0.6) is 0 Å². The molecular formula is C130H112Ir3N7O8-3. The standard InChI is InChI=1S/C42H26N4.C24H16NO.C22H12NO.C15H10N.2C11H20O2.C5H8O2.3Ir/c1-3-14-28(15-4-1)41-42(44-35-21-11-10-20-34(35)43-41)46-36-22-12-9-19-31(36)32-25-33-39(26-38(32)46)45(29-16-5-2-6-17-29)37-24-23-27-13-7-8-18-30(27)40(33)37;1-14-11-15(2)13-16(12-14)23-20-8-7-18-17-5-3-4-6-21(17)24(26)22(18)19(20)9-10-25-23;24-22-16-10-5-4-9-15(16)19-13-23-21(14-7-2-1-3-8-14)17-11-6-12-18(22)20(17)19;1-2-7-13(8-3-1)15-14-9-5-4-6-12(14)10-11-16-15;2*1-8(2)5-10(12)7-11(13)6-9(3)4;1-4(6)3-5(2)7;;;/h1-26H;3-12H,1-2H3;1-7,9-13H;1-7,9-11H;2*7-9,12H,5-6H2,1-4H3;3,6H,1-2H3;;;/q;3*-1;;;;;;. The van der Waals surface area contributed by atoms with Crippen LogP contribution in [0.2, 0.25) is 0 Å². The van der Waals surface area contributed by atoms with Crippen LogP contribution in [0.15, 0.2) is 388 Å². The van der Waals surface area contributed by atoms with Crippen LogP contribution in [0.1, 0.15) is 138 Å². The van der Waals surface area contributed by atoms with Crippen molar-refractivity contribution in [2.24, 2.45) is 23.7 Å². The molecule has 21 aromatic rings. The van der Waals surface area contributed by atoms with Gasteiger partial charge in [0.2, 0.25) is 0 Å². The number of nitrogens with zero attached hydrogens (tertiary/aromatic N) is 7. The molecule has 3 radical (unpaired) electrons. The van der Waals surface area contributed by atoms with Crippen LogP contribution in [0.25, 0.3) is 177 Å². The Balaban J connectivity index is 0.000000147. The molecule has 6 aromatic heterocycles. The van der Waals surface area contributed by atoms with Crippen molar-refractivity contribution >= 4 is 127 Å². The number of aryl methyl sites for hydroxylation is 2. The summed E-state index contributed by atoms with van der Waals surface area (Å²) in [4.78, 5) is 82.7. The Hall–Kier alpha value is -15.4. The predicted octanol–water partition coefficient (Wildman–Crippen LogP) is 32.0. The summed E-state index contributed by atoms with van der Waals surface area (Å²) in [5.74, 6) is 2.90. The summed E-state index contributed by atoms with van der Waals surface area (Å²) in [5.41, 5.74) is 24.4. The second-order valence-electron chi connectivity index (χ2n) is 38.3. The van der Waals surface area contributed by atoms with Gasteiger partial charge in [-0.2, -0.15) is 0 Å². The maximum Gasteiger partial charge on any atom is 0.194 e. The summed E-state index contributed by atoms with van der Waals surface area (Å²) in [5, 5.41) is 40.8. The topological polar surface area (TPSA) is 220 Å². The SMILES string of the molecule is CC(=O)C=C(C)O.CC(C)CC(=O)C=C(O)CC(C)C.CC(C)CC(=O)C=C(O)CC(C)C.Cc1[c-]c(-c2nccc3c4c(ccc23)-c2ccccc2C4=O)cc(C)c1.O=C1c2ccccc2-c2cnc(-c3[c-]cccc3)c3cccc1c23.[Ir].[Ir].[Ir].[c-]1ccccc1-c1nccc2ccccc12.c1ccc(-c2nc3ccccc3nc2-n2c3ccccc3c3cc4c5c6ccccc6ccc5n(-c5ccccc5)c4cc32)cc1. The number of benzene rings is 15. The van der Waals surface area contributed by atoms with Crippen molar-refractivity contribution in [3.05, 3.63) is 439 Å². The van der Waals surface area contributed by atoms with E-state index in [-0.39, 0.29) is 107 Å². The number of pyridine rings is 3. The number of aliphatic hydroxyl groups excluding tert-OH is 3. The molecule has 2 aliphatic rings. The van der Waals surface area contributed by atoms with Crippen molar-refractivity contribution in [3.8, 4) is 78.8 Å². The maximum absolute atomic E-state index is 13.0. The van der Waals surface area contributed by atoms with Crippen LogP contribution in [-0.4, -0.2) is 78.3 Å². The van der Waals surface area contributed by atoms with E-state index in [0.717, 1.165) is 156 Å². The van der Waals surface area contributed by atoms with Crippen molar-refractivity contribution in [2.45, 2.75) is 109 Å². The zero-order valence-electron chi connectivity index (χ0n) is 84.4. The molecule has 2 aliphatic carbocycles. The molecule has 23 rings (SSSR count). The van der Waals surface area contributed by atoms with Gasteiger partial charge in [-0.05, 0) is 175 Å². The van der Waals surface area contributed by atoms with Crippen LogP contribution in [0, 0.1) is 55.7 Å². The number of para-hydroxylation sites is 4. The molecule has 6 heterocycles. The van der Waals surface area contributed by atoms with E-state index in [2.05, 4.69) is 208 Å². The summed E-state index contributed by atoms with van der Waals surface area (Å²) in [6.45, 7) is 23.0. The Morgan fingerprint density at radius 3 is 1.44 bits per heavy atom. The van der Waals surface area contributed by atoms with E-state index in [1.165, 1.54) is 86.2 Å². The molecule has 0 amide bonds. The molecule has 15 aromatic carbocycles. The quantitative estimate of drug-likeness (QED) is 0.0439. The first-order chi connectivity index (χ1) is 70.2. The number of aromatic nitrogens is 7. The largest absolute Gasteiger partial charge is 0.512 e. The van der Waals surface area contributed by atoms with Gasteiger partial charge in [0.25, 0.3) is 0 Å². The molecule has 0 saturated carbocycles. The van der Waals surface area contributed by atoms with Crippen molar-refractivity contribution in [1.29, 1.82) is 0 Å². The molecule has 3 N–H and O–H groups in total. The molecule has 745 valence electrons. The van der Waals surface area contributed by atoms with Gasteiger partial charge in [0.05, 0.1) is 50.4 Å². The number of allylic oxidation sites excluding steroid dienone is 6. The van der Waals surface area contributed by atoms with E-state index in [4.69, 9.17) is 20.1 Å². The van der Waals surface area contributed by atoms with Crippen molar-refractivity contribution in [1.82, 2.24) is 34.1 Å². The van der Waals surface area contributed by atoms with Gasteiger partial charge in [-0.1, -0.05) is 282 Å². The van der Waals surface area contributed by atoms with E-state index < -0.39 is 0 Å². The van der Waals surface area contributed by atoms with E-state index in [1.54, 1.807) is 6.20 Å². The number of carbonyl (C=O) groups excluding carboxylic acids is 5. The molecule has 18 heteroatoms. The minimum Gasteiger partial charge on any atom is -0.512 e. The zero-order valence-corrected chi connectivity index (χ0v) is 91.6. The second kappa shape index (κ2) is 49.2. The first-order valence-electron chi connectivity index (χ1n) is 49.1.